The van der Waals surface area contributed by atoms with Crippen molar-refractivity contribution in [1.29, 1.82) is 0 Å². The fourth-order valence-corrected chi connectivity index (χ4v) is 1.94. The van der Waals surface area contributed by atoms with E-state index in [4.69, 9.17) is 5.11 Å². The number of aromatic nitrogens is 1. The molecular formula is C7H5NO3S. The number of thiophene rings is 1. The molecule has 0 fully saturated rings. The highest BCUT2D eigenvalue weighted by Crippen LogP contribution is 2.35. The lowest BCUT2D eigenvalue weighted by Gasteiger charge is -1.87. The van der Waals surface area contributed by atoms with Crippen molar-refractivity contribution in [3.8, 4) is 5.75 Å². The Kier molecular flexibility index (Phi) is 1.34. The van der Waals surface area contributed by atoms with E-state index in [1.807, 2.05) is 0 Å². The summed E-state index contributed by atoms with van der Waals surface area (Å²) in [7, 11) is 0. The maximum atomic E-state index is 10.5. The van der Waals surface area contributed by atoms with Crippen molar-refractivity contribution in [2.45, 2.75) is 0 Å². The minimum Gasteiger partial charge on any atom is -0.505 e. The largest absolute Gasteiger partial charge is 0.505 e. The molecule has 2 aromatic rings. The number of hydrogen-bond acceptors (Lipinski definition) is 3. The van der Waals surface area contributed by atoms with Crippen molar-refractivity contribution in [2.24, 2.45) is 0 Å². The molecule has 2 heterocycles. The number of carboxylic acids is 1. The Balaban J connectivity index is 2.78. The predicted molar refractivity (Wildman–Crippen MR) is 44.8 cm³/mol. The van der Waals surface area contributed by atoms with Crippen LogP contribution in [0.4, 0.5) is 0 Å². The van der Waals surface area contributed by atoms with Crippen molar-refractivity contribution >= 4 is 27.5 Å². The van der Waals surface area contributed by atoms with Gasteiger partial charge in [0.25, 0.3) is 0 Å². The molecule has 0 bridgehead atoms. The Labute approximate surface area is 71.1 Å². The third-order valence-corrected chi connectivity index (χ3v) is 2.69. The number of rotatable bonds is 1. The van der Waals surface area contributed by atoms with Crippen molar-refractivity contribution in [3.63, 3.8) is 0 Å². The summed E-state index contributed by atoms with van der Waals surface area (Å²) in [4.78, 5) is 14.0. The van der Waals surface area contributed by atoms with Crippen molar-refractivity contribution in [3.05, 3.63) is 17.1 Å². The molecule has 0 aromatic carbocycles. The maximum Gasteiger partial charge on any atom is 0.349 e. The summed E-state index contributed by atoms with van der Waals surface area (Å²) < 4.78 is 0. The fourth-order valence-electron chi connectivity index (χ4n) is 1.04. The zero-order chi connectivity index (χ0) is 8.72. The molecule has 0 radical (unpaired) electrons. The van der Waals surface area contributed by atoms with Crippen molar-refractivity contribution < 1.29 is 15.0 Å². The summed E-state index contributed by atoms with van der Waals surface area (Å²) in [5, 5.41) is 18.5. The van der Waals surface area contributed by atoms with Crippen LogP contribution in [-0.2, 0) is 0 Å². The molecule has 0 spiro atoms. The molecule has 12 heavy (non-hydrogen) atoms. The number of aromatic hydroxyl groups is 1. The smallest absolute Gasteiger partial charge is 0.349 e. The van der Waals surface area contributed by atoms with Crippen LogP contribution in [0.15, 0.2) is 12.3 Å². The average Bonchev–Trinajstić information content (AvgIpc) is 2.53. The van der Waals surface area contributed by atoms with E-state index in [2.05, 4.69) is 4.98 Å². The molecule has 0 saturated heterocycles. The summed E-state index contributed by atoms with van der Waals surface area (Å²) in [5.41, 5.74) is 0. The zero-order valence-corrected chi connectivity index (χ0v) is 6.68. The first-order valence-corrected chi connectivity index (χ1v) is 4.04. The number of aromatic carboxylic acids is 1. The van der Waals surface area contributed by atoms with Gasteiger partial charge in [0.15, 0.2) is 4.88 Å². The molecule has 5 heteroatoms. The van der Waals surface area contributed by atoms with Gasteiger partial charge < -0.3 is 15.2 Å². The minimum absolute atomic E-state index is 0.0168. The number of fused-ring (bicyclic) bond motifs is 1. The second-order valence-electron chi connectivity index (χ2n) is 2.31. The molecule has 0 aliphatic rings. The molecule has 0 saturated carbocycles. The molecule has 2 aromatic heterocycles. The minimum atomic E-state index is -1.10. The topological polar surface area (TPSA) is 73.3 Å². The molecule has 0 amide bonds. The standard InChI is InChI=1S/C7H5NO3S/c9-4-3-1-2-8-6(3)12-5(4)7(10)11/h1-2,8-9H,(H,10,11). The predicted octanol–water partition coefficient (Wildman–Crippen LogP) is 1.63. The third kappa shape index (κ3) is 0.799. The lowest BCUT2D eigenvalue weighted by atomic mass is 10.3. The highest BCUT2D eigenvalue weighted by atomic mass is 32.1. The monoisotopic (exact) mass is 183 g/mol. The number of aromatic amines is 1. The van der Waals surface area contributed by atoms with Crippen LogP contribution in [0, 0.1) is 0 Å². The Morgan fingerprint density at radius 1 is 1.58 bits per heavy atom. The van der Waals surface area contributed by atoms with E-state index in [0.29, 0.717) is 10.2 Å². The van der Waals surface area contributed by atoms with Gasteiger partial charge >= 0.3 is 5.97 Å². The van der Waals surface area contributed by atoms with Crippen molar-refractivity contribution in [2.75, 3.05) is 0 Å². The molecule has 0 unspecified atom stereocenters. The summed E-state index contributed by atoms with van der Waals surface area (Å²) in [6, 6.07) is 1.65. The number of carbonyl (C=O) groups is 1. The molecule has 0 atom stereocenters. The number of carboxylic acid groups (broad SMARTS) is 1. The second kappa shape index (κ2) is 2.25. The van der Waals surface area contributed by atoms with Crippen LogP contribution in [0.5, 0.6) is 5.75 Å². The van der Waals surface area contributed by atoms with Gasteiger partial charge in [-0.05, 0) is 6.07 Å². The molecule has 62 valence electrons. The molecule has 4 nitrogen and oxygen atoms in total. The normalized spacial score (nSPS) is 10.7. The van der Waals surface area contributed by atoms with E-state index in [1.54, 1.807) is 12.3 Å². The van der Waals surface area contributed by atoms with E-state index < -0.39 is 5.97 Å². The zero-order valence-electron chi connectivity index (χ0n) is 5.87. The second-order valence-corrected chi connectivity index (χ2v) is 3.33. The van der Waals surface area contributed by atoms with Gasteiger partial charge in [-0.1, -0.05) is 0 Å². The highest BCUT2D eigenvalue weighted by molar-refractivity contribution is 7.20. The van der Waals surface area contributed by atoms with Crippen LogP contribution in [0.25, 0.3) is 10.2 Å². The van der Waals surface area contributed by atoms with Gasteiger partial charge in [-0.25, -0.2) is 4.79 Å². The SMILES string of the molecule is O=C(O)c1sc2[nH]ccc2c1O. The van der Waals surface area contributed by atoms with Gasteiger partial charge in [0.05, 0.1) is 5.39 Å². The Bertz CT molecular complexity index is 442. The first kappa shape index (κ1) is 7.17. The van der Waals surface area contributed by atoms with Crippen LogP contribution in [0.2, 0.25) is 0 Å². The molecule has 0 aliphatic heterocycles. The Morgan fingerprint density at radius 2 is 2.33 bits per heavy atom. The van der Waals surface area contributed by atoms with E-state index in [-0.39, 0.29) is 10.6 Å². The van der Waals surface area contributed by atoms with E-state index in [1.165, 1.54) is 0 Å². The molecular weight excluding hydrogens is 178 g/mol. The summed E-state index contributed by atoms with van der Waals surface area (Å²) in [6.45, 7) is 0. The number of hydrogen-bond donors (Lipinski definition) is 3. The highest BCUT2D eigenvalue weighted by Gasteiger charge is 2.16. The third-order valence-electron chi connectivity index (χ3n) is 1.58. The number of H-pyrrole nitrogens is 1. The van der Waals surface area contributed by atoms with E-state index in [0.717, 1.165) is 11.3 Å². The summed E-state index contributed by atoms with van der Waals surface area (Å²) in [6.07, 6.45) is 1.66. The first-order valence-electron chi connectivity index (χ1n) is 3.22. The van der Waals surface area contributed by atoms with Gasteiger partial charge in [0.2, 0.25) is 0 Å². The first-order chi connectivity index (χ1) is 5.70. The lowest BCUT2D eigenvalue weighted by molar-refractivity contribution is 0.0699. The fraction of sp³-hybridized carbons (Fsp3) is 0. The molecule has 2 rings (SSSR count). The Morgan fingerprint density at radius 3 is 2.92 bits per heavy atom. The van der Waals surface area contributed by atoms with Crippen molar-refractivity contribution in [1.82, 2.24) is 4.98 Å². The van der Waals surface area contributed by atoms with Crippen LogP contribution in [0.3, 0.4) is 0 Å². The van der Waals surface area contributed by atoms with Crippen LogP contribution in [-0.4, -0.2) is 21.2 Å². The summed E-state index contributed by atoms with van der Waals surface area (Å²) in [5.74, 6) is -1.24. The van der Waals surface area contributed by atoms with Crippen LogP contribution in [0.1, 0.15) is 9.67 Å². The van der Waals surface area contributed by atoms with Gasteiger partial charge in [-0.15, -0.1) is 11.3 Å². The molecule has 0 aliphatic carbocycles. The lowest BCUT2D eigenvalue weighted by Crippen LogP contribution is -1.90. The van der Waals surface area contributed by atoms with Gasteiger partial charge in [-0.3, -0.25) is 0 Å². The Hall–Kier alpha value is -1.49. The number of nitrogens with one attached hydrogen (secondary N) is 1. The van der Waals surface area contributed by atoms with E-state index in [9.17, 15) is 9.90 Å². The van der Waals surface area contributed by atoms with Crippen LogP contribution < -0.4 is 0 Å². The van der Waals surface area contributed by atoms with Gasteiger partial charge in [-0.2, -0.15) is 0 Å². The summed E-state index contributed by atoms with van der Waals surface area (Å²) >= 11 is 1.03. The maximum absolute atomic E-state index is 10.5. The average molecular weight is 183 g/mol. The van der Waals surface area contributed by atoms with E-state index >= 15 is 0 Å². The molecule has 3 N–H and O–H groups in total. The van der Waals surface area contributed by atoms with Crippen LogP contribution >= 0.6 is 11.3 Å². The van der Waals surface area contributed by atoms with Gasteiger partial charge in [0.1, 0.15) is 10.6 Å². The quantitative estimate of drug-likeness (QED) is 0.629. The van der Waals surface area contributed by atoms with Gasteiger partial charge in [0, 0.05) is 6.20 Å².